The molecule has 5 heteroatoms. The zero-order chi connectivity index (χ0) is 13.8. The quantitative estimate of drug-likeness (QED) is 0.892. The fourth-order valence-electron chi connectivity index (χ4n) is 1.93. The van der Waals surface area contributed by atoms with Crippen LogP contribution in [0.2, 0.25) is 0 Å². The number of hydrogen-bond donors (Lipinski definition) is 2. The Labute approximate surface area is 121 Å². The van der Waals surface area contributed by atoms with E-state index < -0.39 is 0 Å². The summed E-state index contributed by atoms with van der Waals surface area (Å²) in [6.07, 6.45) is 1.55. The van der Waals surface area contributed by atoms with Crippen molar-refractivity contribution in [1.82, 2.24) is 9.97 Å². The minimum absolute atomic E-state index is 0.760. The number of hydrogen-bond acceptors (Lipinski definition) is 4. The minimum Gasteiger partial charge on any atom is -0.369 e. The lowest BCUT2D eigenvalue weighted by atomic mass is 10.1. The topological polar surface area (TPSA) is 49.8 Å². The second kappa shape index (κ2) is 6.02. The molecule has 0 saturated carbocycles. The molecule has 1 heterocycles. The number of benzene rings is 1. The van der Waals surface area contributed by atoms with E-state index in [0.29, 0.717) is 0 Å². The summed E-state index contributed by atoms with van der Waals surface area (Å²) in [4.78, 5) is 8.46. The van der Waals surface area contributed by atoms with Crippen LogP contribution in [0, 0.1) is 13.8 Å². The van der Waals surface area contributed by atoms with Crippen molar-refractivity contribution < 1.29 is 0 Å². The standard InChI is InChI=1S/C14H17BrN4/c1-4-16-13-12(15)14(18-8-17-13)19-11-6-9(2)5-10(3)7-11/h5-8H,4H2,1-3H3,(H2,16,17,18,19). The lowest BCUT2D eigenvalue weighted by molar-refractivity contribution is 1.10. The molecule has 0 aliphatic carbocycles. The van der Waals surface area contributed by atoms with Gasteiger partial charge in [0, 0.05) is 12.2 Å². The molecule has 1 aromatic carbocycles. The molecule has 0 atom stereocenters. The maximum absolute atomic E-state index is 4.27. The van der Waals surface area contributed by atoms with Crippen LogP contribution >= 0.6 is 15.9 Å². The van der Waals surface area contributed by atoms with Crippen molar-refractivity contribution in [3.05, 3.63) is 40.1 Å². The predicted molar refractivity (Wildman–Crippen MR) is 83.1 cm³/mol. The molecule has 100 valence electrons. The lowest BCUT2D eigenvalue weighted by Crippen LogP contribution is -2.03. The van der Waals surface area contributed by atoms with Gasteiger partial charge in [0.2, 0.25) is 0 Å². The molecular weight excluding hydrogens is 304 g/mol. The lowest BCUT2D eigenvalue weighted by Gasteiger charge is -2.12. The summed E-state index contributed by atoms with van der Waals surface area (Å²) in [5.41, 5.74) is 3.47. The van der Waals surface area contributed by atoms with Gasteiger partial charge in [-0.1, -0.05) is 6.07 Å². The monoisotopic (exact) mass is 320 g/mol. The van der Waals surface area contributed by atoms with Crippen molar-refractivity contribution in [2.45, 2.75) is 20.8 Å². The van der Waals surface area contributed by atoms with Gasteiger partial charge >= 0.3 is 0 Å². The van der Waals surface area contributed by atoms with Gasteiger partial charge in [0.05, 0.1) is 0 Å². The maximum atomic E-state index is 4.27. The van der Waals surface area contributed by atoms with Gasteiger partial charge in [0.15, 0.2) is 0 Å². The average molecular weight is 321 g/mol. The van der Waals surface area contributed by atoms with Crippen LogP contribution in [0.4, 0.5) is 17.3 Å². The highest BCUT2D eigenvalue weighted by molar-refractivity contribution is 9.10. The number of halogens is 1. The molecule has 0 spiro atoms. The molecule has 2 aromatic rings. The molecule has 0 fully saturated rings. The summed E-state index contributed by atoms with van der Waals surface area (Å²) < 4.78 is 0.844. The number of anilines is 3. The number of rotatable bonds is 4. The van der Waals surface area contributed by atoms with E-state index in [4.69, 9.17) is 0 Å². The Morgan fingerprint density at radius 1 is 1.05 bits per heavy atom. The van der Waals surface area contributed by atoms with E-state index >= 15 is 0 Å². The van der Waals surface area contributed by atoms with Crippen molar-refractivity contribution in [3.63, 3.8) is 0 Å². The molecule has 0 unspecified atom stereocenters. The summed E-state index contributed by atoms with van der Waals surface area (Å²) in [6, 6.07) is 6.33. The SMILES string of the molecule is CCNc1ncnc(Nc2cc(C)cc(C)c2)c1Br. The molecule has 2 rings (SSSR count). The number of nitrogens with zero attached hydrogens (tertiary/aromatic N) is 2. The molecule has 0 aliphatic heterocycles. The zero-order valence-electron chi connectivity index (χ0n) is 11.3. The highest BCUT2D eigenvalue weighted by atomic mass is 79.9. The average Bonchev–Trinajstić information content (AvgIpc) is 2.33. The first kappa shape index (κ1) is 13.8. The first-order valence-corrected chi connectivity index (χ1v) is 6.99. The first-order valence-electron chi connectivity index (χ1n) is 6.20. The molecule has 19 heavy (non-hydrogen) atoms. The summed E-state index contributed by atoms with van der Waals surface area (Å²) >= 11 is 3.53. The van der Waals surface area contributed by atoms with Gasteiger partial charge in [-0.3, -0.25) is 0 Å². The third kappa shape index (κ3) is 3.44. The van der Waals surface area contributed by atoms with Crippen molar-refractivity contribution in [2.24, 2.45) is 0 Å². The van der Waals surface area contributed by atoms with E-state index in [1.165, 1.54) is 11.1 Å². The van der Waals surface area contributed by atoms with Gasteiger partial charge in [0.1, 0.15) is 22.4 Å². The predicted octanol–water partition coefficient (Wildman–Crippen LogP) is 4.03. The van der Waals surface area contributed by atoms with E-state index in [0.717, 1.165) is 28.3 Å². The number of aromatic nitrogens is 2. The van der Waals surface area contributed by atoms with Crippen LogP contribution in [0.5, 0.6) is 0 Å². The van der Waals surface area contributed by atoms with Crippen LogP contribution in [0.15, 0.2) is 29.0 Å². The minimum atomic E-state index is 0.760. The van der Waals surface area contributed by atoms with E-state index in [1.807, 2.05) is 6.92 Å². The number of aryl methyl sites for hydroxylation is 2. The Hall–Kier alpha value is -1.62. The molecule has 4 nitrogen and oxygen atoms in total. The van der Waals surface area contributed by atoms with Crippen molar-refractivity contribution >= 4 is 33.3 Å². The molecule has 1 aromatic heterocycles. The van der Waals surface area contributed by atoms with Gasteiger partial charge in [0.25, 0.3) is 0 Å². The van der Waals surface area contributed by atoms with Crippen LogP contribution in [-0.2, 0) is 0 Å². The van der Waals surface area contributed by atoms with E-state index in [2.05, 4.69) is 68.6 Å². The molecule has 0 bridgehead atoms. The molecular formula is C14H17BrN4. The molecule has 0 saturated heterocycles. The van der Waals surface area contributed by atoms with Crippen molar-refractivity contribution in [3.8, 4) is 0 Å². The molecule has 2 N–H and O–H groups in total. The van der Waals surface area contributed by atoms with E-state index in [1.54, 1.807) is 6.33 Å². The zero-order valence-corrected chi connectivity index (χ0v) is 12.9. The third-order valence-corrected chi connectivity index (χ3v) is 3.37. The van der Waals surface area contributed by atoms with Crippen LogP contribution < -0.4 is 10.6 Å². The van der Waals surface area contributed by atoms with Crippen molar-refractivity contribution in [2.75, 3.05) is 17.2 Å². The molecule has 0 amide bonds. The highest BCUT2D eigenvalue weighted by Crippen LogP contribution is 2.29. The fraction of sp³-hybridized carbons (Fsp3) is 0.286. The normalized spacial score (nSPS) is 10.3. The van der Waals surface area contributed by atoms with Crippen LogP contribution in [-0.4, -0.2) is 16.5 Å². The fourth-order valence-corrected chi connectivity index (χ4v) is 2.38. The maximum Gasteiger partial charge on any atom is 0.150 e. The summed E-state index contributed by atoms with van der Waals surface area (Å²) in [5, 5.41) is 6.50. The van der Waals surface area contributed by atoms with Crippen LogP contribution in [0.3, 0.4) is 0 Å². The Morgan fingerprint density at radius 3 is 2.32 bits per heavy atom. The highest BCUT2D eigenvalue weighted by Gasteiger charge is 2.08. The first-order chi connectivity index (χ1) is 9.10. The van der Waals surface area contributed by atoms with Gasteiger partial charge in [-0.25, -0.2) is 9.97 Å². The summed E-state index contributed by atoms with van der Waals surface area (Å²) in [6.45, 7) is 7.01. The summed E-state index contributed by atoms with van der Waals surface area (Å²) in [5.74, 6) is 1.56. The largest absolute Gasteiger partial charge is 0.369 e. The van der Waals surface area contributed by atoms with Crippen molar-refractivity contribution in [1.29, 1.82) is 0 Å². The molecule has 0 aliphatic rings. The van der Waals surface area contributed by atoms with E-state index in [-0.39, 0.29) is 0 Å². The Bertz CT molecular complexity index is 563. The second-order valence-corrected chi connectivity index (χ2v) is 5.21. The van der Waals surface area contributed by atoms with Gasteiger partial charge in [-0.15, -0.1) is 0 Å². The Kier molecular flexibility index (Phi) is 4.37. The van der Waals surface area contributed by atoms with E-state index in [9.17, 15) is 0 Å². The smallest absolute Gasteiger partial charge is 0.150 e. The van der Waals surface area contributed by atoms with Gasteiger partial charge in [-0.2, -0.15) is 0 Å². The number of nitrogens with one attached hydrogen (secondary N) is 2. The second-order valence-electron chi connectivity index (χ2n) is 4.42. The van der Waals surface area contributed by atoms with Gasteiger partial charge in [-0.05, 0) is 60.0 Å². The Morgan fingerprint density at radius 2 is 1.68 bits per heavy atom. The summed E-state index contributed by atoms with van der Waals surface area (Å²) in [7, 11) is 0. The van der Waals surface area contributed by atoms with Gasteiger partial charge < -0.3 is 10.6 Å². The van der Waals surface area contributed by atoms with Crippen LogP contribution in [0.25, 0.3) is 0 Å². The molecule has 0 radical (unpaired) electrons. The Balaban J connectivity index is 2.30. The van der Waals surface area contributed by atoms with Crippen LogP contribution in [0.1, 0.15) is 18.1 Å². The third-order valence-electron chi connectivity index (χ3n) is 2.62.